The summed E-state index contributed by atoms with van der Waals surface area (Å²) in [5, 5.41) is 7.28. The van der Waals surface area contributed by atoms with Crippen molar-refractivity contribution in [2.45, 2.75) is 26.8 Å². The molecule has 0 atom stereocenters. The Labute approximate surface area is 135 Å². The van der Waals surface area contributed by atoms with Crippen LogP contribution in [0.1, 0.15) is 22.5 Å². The fourth-order valence-electron chi connectivity index (χ4n) is 2.69. The second kappa shape index (κ2) is 6.32. The molecule has 2 heterocycles. The first-order valence-electron chi connectivity index (χ1n) is 7.69. The lowest BCUT2D eigenvalue weighted by Crippen LogP contribution is -2.25. The van der Waals surface area contributed by atoms with E-state index in [1.54, 1.807) is 4.68 Å². The number of hydrogen-bond acceptors (Lipinski definition) is 4. The lowest BCUT2D eigenvalue weighted by atomic mass is 10.1. The Kier molecular flexibility index (Phi) is 4.23. The van der Waals surface area contributed by atoms with Gasteiger partial charge in [-0.05, 0) is 31.5 Å². The summed E-state index contributed by atoms with van der Waals surface area (Å²) in [6, 6.07) is 5.73. The average Bonchev–Trinajstić information content (AvgIpc) is 2.79. The summed E-state index contributed by atoms with van der Waals surface area (Å²) in [6.07, 6.45) is 0.343. The zero-order valence-electron chi connectivity index (χ0n) is 13.7. The molecule has 0 spiro atoms. The van der Waals surface area contributed by atoms with Gasteiger partial charge in [-0.2, -0.15) is 5.10 Å². The number of fused-ring (bicyclic) bond motifs is 1. The topological polar surface area (TPSA) is 65.4 Å². The van der Waals surface area contributed by atoms with Gasteiger partial charge < -0.3 is 14.8 Å². The molecule has 0 saturated carbocycles. The first-order chi connectivity index (χ1) is 11.0. The molecule has 0 bridgehead atoms. The number of aromatic nitrogens is 2. The highest BCUT2D eigenvalue weighted by atomic mass is 16.6. The van der Waals surface area contributed by atoms with Crippen molar-refractivity contribution in [3.8, 4) is 11.5 Å². The Balaban J connectivity index is 1.61. The molecule has 3 rings (SSSR count). The summed E-state index contributed by atoms with van der Waals surface area (Å²) >= 11 is 0. The SMILES string of the molecule is Cc1nn(C)c(C)c1CC(=O)NCc1ccc2c(c1)OCCO2. The van der Waals surface area contributed by atoms with Crippen molar-refractivity contribution < 1.29 is 14.3 Å². The van der Waals surface area contributed by atoms with E-state index in [9.17, 15) is 4.79 Å². The highest BCUT2D eigenvalue weighted by Gasteiger charge is 2.14. The van der Waals surface area contributed by atoms with E-state index >= 15 is 0 Å². The van der Waals surface area contributed by atoms with E-state index in [2.05, 4.69) is 10.4 Å². The molecule has 0 unspecified atom stereocenters. The molecule has 23 heavy (non-hydrogen) atoms. The van der Waals surface area contributed by atoms with E-state index in [0.717, 1.165) is 34.0 Å². The number of rotatable bonds is 4. The molecule has 1 aliphatic heterocycles. The largest absolute Gasteiger partial charge is 0.486 e. The van der Waals surface area contributed by atoms with E-state index < -0.39 is 0 Å². The summed E-state index contributed by atoms with van der Waals surface area (Å²) in [4.78, 5) is 12.2. The zero-order chi connectivity index (χ0) is 16.4. The highest BCUT2D eigenvalue weighted by Crippen LogP contribution is 2.30. The van der Waals surface area contributed by atoms with Gasteiger partial charge in [0, 0.05) is 24.8 Å². The first-order valence-corrected chi connectivity index (χ1v) is 7.69. The molecule has 0 aliphatic carbocycles. The number of aryl methyl sites for hydroxylation is 2. The predicted octanol–water partition coefficient (Wildman–Crippen LogP) is 1.67. The Morgan fingerprint density at radius 3 is 2.70 bits per heavy atom. The van der Waals surface area contributed by atoms with Crippen molar-refractivity contribution in [2.75, 3.05) is 13.2 Å². The van der Waals surface area contributed by atoms with Crippen LogP contribution >= 0.6 is 0 Å². The van der Waals surface area contributed by atoms with Crippen LogP contribution in [0.4, 0.5) is 0 Å². The third-order valence-electron chi connectivity index (χ3n) is 4.09. The van der Waals surface area contributed by atoms with Gasteiger partial charge >= 0.3 is 0 Å². The average molecular weight is 315 g/mol. The molecule has 1 aromatic carbocycles. The fourth-order valence-corrected chi connectivity index (χ4v) is 2.69. The highest BCUT2D eigenvalue weighted by molar-refractivity contribution is 5.79. The van der Waals surface area contributed by atoms with Crippen LogP contribution in [-0.2, 0) is 24.8 Å². The van der Waals surface area contributed by atoms with Gasteiger partial charge in [0.15, 0.2) is 11.5 Å². The van der Waals surface area contributed by atoms with Crippen molar-refractivity contribution in [3.63, 3.8) is 0 Å². The van der Waals surface area contributed by atoms with Gasteiger partial charge in [-0.3, -0.25) is 9.48 Å². The number of benzene rings is 1. The van der Waals surface area contributed by atoms with Gasteiger partial charge in [0.25, 0.3) is 0 Å². The van der Waals surface area contributed by atoms with Gasteiger partial charge in [0.2, 0.25) is 5.91 Å². The predicted molar refractivity (Wildman–Crippen MR) is 85.7 cm³/mol. The molecule has 0 saturated heterocycles. The summed E-state index contributed by atoms with van der Waals surface area (Å²) in [6.45, 7) is 5.50. The third-order valence-corrected chi connectivity index (χ3v) is 4.09. The van der Waals surface area contributed by atoms with Gasteiger partial charge in [-0.25, -0.2) is 0 Å². The van der Waals surface area contributed by atoms with Crippen molar-refractivity contribution in [1.29, 1.82) is 0 Å². The molecule has 2 aromatic rings. The molecule has 122 valence electrons. The van der Waals surface area contributed by atoms with Crippen LogP contribution in [-0.4, -0.2) is 28.9 Å². The van der Waals surface area contributed by atoms with Crippen molar-refractivity contribution in [1.82, 2.24) is 15.1 Å². The van der Waals surface area contributed by atoms with E-state index in [0.29, 0.717) is 26.2 Å². The van der Waals surface area contributed by atoms with E-state index in [4.69, 9.17) is 9.47 Å². The van der Waals surface area contributed by atoms with E-state index in [1.165, 1.54) is 0 Å². The Hall–Kier alpha value is -2.50. The van der Waals surface area contributed by atoms with Crippen LogP contribution in [0.2, 0.25) is 0 Å². The van der Waals surface area contributed by atoms with Gasteiger partial charge in [0.1, 0.15) is 13.2 Å². The minimum absolute atomic E-state index is 0.0147. The number of amides is 1. The first kappa shape index (κ1) is 15.4. The second-order valence-electron chi connectivity index (χ2n) is 5.70. The van der Waals surface area contributed by atoms with Crippen LogP contribution in [0.3, 0.4) is 0 Å². The minimum Gasteiger partial charge on any atom is -0.486 e. The van der Waals surface area contributed by atoms with Crippen LogP contribution in [0, 0.1) is 13.8 Å². The minimum atomic E-state index is -0.0147. The molecule has 1 amide bonds. The molecule has 1 N–H and O–H groups in total. The molecule has 6 heteroatoms. The number of carbonyl (C=O) groups excluding carboxylic acids is 1. The maximum absolute atomic E-state index is 12.2. The lowest BCUT2D eigenvalue weighted by Gasteiger charge is -2.19. The number of ether oxygens (including phenoxy) is 2. The number of nitrogens with zero attached hydrogens (tertiary/aromatic N) is 2. The van der Waals surface area contributed by atoms with Gasteiger partial charge in [0.05, 0.1) is 12.1 Å². The normalized spacial score (nSPS) is 13.0. The quantitative estimate of drug-likeness (QED) is 0.932. The van der Waals surface area contributed by atoms with Gasteiger partial charge in [-0.15, -0.1) is 0 Å². The van der Waals surface area contributed by atoms with E-state index in [1.807, 2.05) is 39.1 Å². The number of hydrogen-bond donors (Lipinski definition) is 1. The summed E-state index contributed by atoms with van der Waals surface area (Å²) in [5.74, 6) is 1.48. The monoisotopic (exact) mass is 315 g/mol. The molecule has 0 radical (unpaired) electrons. The van der Waals surface area contributed by atoms with E-state index in [-0.39, 0.29) is 5.91 Å². The van der Waals surface area contributed by atoms with Crippen LogP contribution in [0.25, 0.3) is 0 Å². The Bertz CT molecular complexity index is 737. The maximum Gasteiger partial charge on any atom is 0.224 e. The molecule has 1 aromatic heterocycles. The number of carbonyl (C=O) groups is 1. The maximum atomic E-state index is 12.2. The third kappa shape index (κ3) is 3.31. The zero-order valence-corrected chi connectivity index (χ0v) is 13.7. The van der Waals surface area contributed by atoms with Crippen LogP contribution in [0.5, 0.6) is 11.5 Å². The smallest absolute Gasteiger partial charge is 0.224 e. The Morgan fingerprint density at radius 1 is 1.26 bits per heavy atom. The van der Waals surface area contributed by atoms with Crippen molar-refractivity contribution in [2.24, 2.45) is 7.05 Å². The summed E-state index contributed by atoms with van der Waals surface area (Å²) in [5.41, 5.74) is 3.91. The molecular formula is C17H21N3O3. The molecule has 1 aliphatic rings. The lowest BCUT2D eigenvalue weighted by molar-refractivity contribution is -0.120. The standard InChI is InChI=1S/C17H21N3O3/c1-11-14(12(2)20(3)19-11)9-17(21)18-10-13-4-5-15-16(8-13)23-7-6-22-15/h4-5,8H,6-7,9-10H2,1-3H3,(H,18,21). The van der Waals surface area contributed by atoms with Crippen molar-refractivity contribution in [3.05, 3.63) is 40.7 Å². The van der Waals surface area contributed by atoms with Crippen molar-refractivity contribution >= 4 is 5.91 Å². The fraction of sp³-hybridized carbons (Fsp3) is 0.412. The molecule has 0 fully saturated rings. The number of nitrogens with one attached hydrogen (secondary N) is 1. The summed E-state index contributed by atoms with van der Waals surface area (Å²) in [7, 11) is 1.89. The summed E-state index contributed by atoms with van der Waals surface area (Å²) < 4.78 is 12.8. The Morgan fingerprint density at radius 2 is 2.00 bits per heavy atom. The van der Waals surface area contributed by atoms with Crippen LogP contribution < -0.4 is 14.8 Å². The molecular weight excluding hydrogens is 294 g/mol. The second-order valence-corrected chi connectivity index (χ2v) is 5.70. The van der Waals surface area contributed by atoms with Gasteiger partial charge in [-0.1, -0.05) is 6.07 Å². The molecule has 6 nitrogen and oxygen atoms in total. The van der Waals surface area contributed by atoms with Crippen LogP contribution in [0.15, 0.2) is 18.2 Å².